The molecule has 2 unspecified atom stereocenters. The summed E-state index contributed by atoms with van der Waals surface area (Å²) in [5.41, 5.74) is -0.557. The van der Waals surface area contributed by atoms with Gasteiger partial charge in [-0.1, -0.05) is 6.07 Å². The highest BCUT2D eigenvalue weighted by Crippen LogP contribution is 2.36. The second-order valence-corrected chi connectivity index (χ2v) is 6.97. The van der Waals surface area contributed by atoms with E-state index in [4.69, 9.17) is 4.74 Å². The van der Waals surface area contributed by atoms with Crippen LogP contribution in [0.1, 0.15) is 43.0 Å². The maximum absolute atomic E-state index is 13.6. The molecule has 2 fully saturated rings. The molecule has 6 nitrogen and oxygen atoms in total. The van der Waals surface area contributed by atoms with Crippen molar-refractivity contribution in [3.8, 4) is 0 Å². The van der Waals surface area contributed by atoms with Gasteiger partial charge in [-0.2, -0.15) is 0 Å². The third kappa shape index (κ3) is 4.37. The number of ether oxygens (including phenoxy) is 1. The molecule has 2 aliphatic rings. The lowest BCUT2D eigenvalue weighted by Crippen LogP contribution is -2.52. The summed E-state index contributed by atoms with van der Waals surface area (Å²) < 4.78 is 32.3. The molecule has 2 N–H and O–H groups in total. The molecule has 0 aliphatic carbocycles. The van der Waals surface area contributed by atoms with Gasteiger partial charge in [-0.05, 0) is 44.7 Å². The van der Waals surface area contributed by atoms with Gasteiger partial charge in [0.05, 0.1) is 6.61 Å². The molecule has 3 rings (SSSR count). The Morgan fingerprint density at radius 2 is 1.78 bits per heavy atom. The zero-order valence-electron chi connectivity index (χ0n) is 15.3. The van der Waals surface area contributed by atoms with Gasteiger partial charge in [-0.3, -0.25) is 4.79 Å². The van der Waals surface area contributed by atoms with Crippen LogP contribution in [0.5, 0.6) is 0 Å². The van der Waals surface area contributed by atoms with Gasteiger partial charge >= 0.3 is 6.09 Å². The SMILES string of the molecule is CCOC(=O)N1C2CCC1CC(NCCNC(=O)c1c(F)cccc1F)C2. The minimum absolute atomic E-state index is 0.183. The number of carbonyl (C=O) groups excluding carboxylic acids is 2. The smallest absolute Gasteiger partial charge is 0.410 e. The lowest BCUT2D eigenvalue weighted by atomic mass is 9.98. The summed E-state index contributed by atoms with van der Waals surface area (Å²) in [5, 5.41) is 5.90. The van der Waals surface area contributed by atoms with E-state index in [1.165, 1.54) is 6.07 Å². The zero-order valence-corrected chi connectivity index (χ0v) is 15.3. The molecule has 0 saturated carbocycles. The van der Waals surface area contributed by atoms with Crippen LogP contribution in [-0.4, -0.2) is 54.7 Å². The van der Waals surface area contributed by atoms with Crippen molar-refractivity contribution in [2.75, 3.05) is 19.7 Å². The molecule has 148 valence electrons. The summed E-state index contributed by atoms with van der Waals surface area (Å²) in [6.07, 6.45) is 3.40. The fourth-order valence-electron chi connectivity index (χ4n) is 4.10. The predicted molar refractivity (Wildman–Crippen MR) is 95.4 cm³/mol. The molecule has 2 saturated heterocycles. The summed E-state index contributed by atoms with van der Waals surface area (Å²) in [6.45, 7) is 2.93. The number of carbonyl (C=O) groups is 2. The molecule has 2 amide bonds. The normalized spacial score (nSPS) is 24.0. The van der Waals surface area contributed by atoms with Gasteiger partial charge in [-0.25, -0.2) is 13.6 Å². The molecule has 1 aromatic carbocycles. The molecule has 1 aromatic rings. The summed E-state index contributed by atoms with van der Waals surface area (Å²) in [4.78, 5) is 25.9. The zero-order chi connectivity index (χ0) is 19.4. The van der Waals surface area contributed by atoms with Crippen LogP contribution in [0.3, 0.4) is 0 Å². The average molecular weight is 381 g/mol. The highest BCUT2D eigenvalue weighted by Gasteiger charge is 2.43. The van der Waals surface area contributed by atoms with Gasteiger partial charge < -0.3 is 20.3 Å². The van der Waals surface area contributed by atoms with Crippen molar-refractivity contribution in [3.05, 3.63) is 35.4 Å². The van der Waals surface area contributed by atoms with E-state index in [1.807, 2.05) is 4.90 Å². The van der Waals surface area contributed by atoms with Gasteiger partial charge in [0.25, 0.3) is 5.91 Å². The van der Waals surface area contributed by atoms with Crippen molar-refractivity contribution in [1.29, 1.82) is 0 Å². The number of rotatable bonds is 6. The number of amides is 2. The molecular formula is C19H25F2N3O3. The first-order valence-corrected chi connectivity index (χ1v) is 9.42. The third-order valence-corrected chi connectivity index (χ3v) is 5.25. The van der Waals surface area contributed by atoms with E-state index < -0.39 is 23.1 Å². The van der Waals surface area contributed by atoms with Crippen molar-refractivity contribution < 1.29 is 23.1 Å². The number of fused-ring (bicyclic) bond motifs is 2. The number of halogens is 2. The van der Waals surface area contributed by atoms with Crippen molar-refractivity contribution in [2.45, 2.75) is 50.7 Å². The first-order chi connectivity index (χ1) is 13.0. The molecule has 2 aliphatic heterocycles. The Bertz CT molecular complexity index is 667. The van der Waals surface area contributed by atoms with Crippen LogP contribution >= 0.6 is 0 Å². The van der Waals surface area contributed by atoms with E-state index in [1.54, 1.807) is 6.92 Å². The Hall–Kier alpha value is -2.22. The van der Waals surface area contributed by atoms with E-state index in [0.717, 1.165) is 37.8 Å². The first kappa shape index (κ1) is 19.5. The number of nitrogens with zero attached hydrogens (tertiary/aromatic N) is 1. The van der Waals surface area contributed by atoms with Crippen LogP contribution in [0.25, 0.3) is 0 Å². The maximum atomic E-state index is 13.6. The average Bonchev–Trinajstić information content (AvgIpc) is 2.89. The predicted octanol–water partition coefficient (Wildman–Crippen LogP) is 2.44. The van der Waals surface area contributed by atoms with Gasteiger partial charge in [0, 0.05) is 31.2 Å². The van der Waals surface area contributed by atoms with Crippen LogP contribution in [0.15, 0.2) is 18.2 Å². The third-order valence-electron chi connectivity index (χ3n) is 5.25. The second-order valence-electron chi connectivity index (χ2n) is 6.97. The van der Waals surface area contributed by atoms with Gasteiger partial charge in [0.1, 0.15) is 17.2 Å². The molecule has 0 spiro atoms. The lowest BCUT2D eigenvalue weighted by molar-refractivity contribution is 0.0659. The minimum atomic E-state index is -0.872. The molecule has 2 heterocycles. The molecule has 8 heteroatoms. The van der Waals surface area contributed by atoms with E-state index in [2.05, 4.69) is 10.6 Å². The largest absolute Gasteiger partial charge is 0.450 e. The molecule has 2 bridgehead atoms. The maximum Gasteiger partial charge on any atom is 0.410 e. The molecule has 27 heavy (non-hydrogen) atoms. The van der Waals surface area contributed by atoms with E-state index >= 15 is 0 Å². The highest BCUT2D eigenvalue weighted by atomic mass is 19.1. The summed E-state index contributed by atoms with van der Waals surface area (Å²) >= 11 is 0. The van der Waals surface area contributed by atoms with Crippen molar-refractivity contribution in [2.24, 2.45) is 0 Å². The Kier molecular flexibility index (Phi) is 6.26. The van der Waals surface area contributed by atoms with Crippen molar-refractivity contribution >= 4 is 12.0 Å². The Balaban J connectivity index is 1.43. The van der Waals surface area contributed by atoms with Crippen LogP contribution in [0.2, 0.25) is 0 Å². The van der Waals surface area contributed by atoms with E-state index in [-0.39, 0.29) is 30.8 Å². The summed E-state index contributed by atoms with van der Waals surface area (Å²) in [5.74, 6) is -2.50. The Morgan fingerprint density at radius 1 is 1.15 bits per heavy atom. The number of nitrogens with one attached hydrogen (secondary N) is 2. The summed E-state index contributed by atoms with van der Waals surface area (Å²) in [6, 6.07) is 3.95. The second kappa shape index (κ2) is 8.65. The van der Waals surface area contributed by atoms with E-state index in [0.29, 0.717) is 13.2 Å². The Labute approximate surface area is 157 Å². The first-order valence-electron chi connectivity index (χ1n) is 9.42. The standard InChI is InChI=1S/C19H25F2N3O3/c1-2-27-19(26)24-13-6-7-14(24)11-12(10-13)22-8-9-23-18(25)17-15(20)4-3-5-16(17)21/h3-5,12-14,22H,2,6-11H2,1H3,(H,23,25). The lowest BCUT2D eigenvalue weighted by Gasteiger charge is -2.38. The molecule has 2 atom stereocenters. The van der Waals surface area contributed by atoms with Crippen molar-refractivity contribution in [1.82, 2.24) is 15.5 Å². The molecule has 0 aromatic heterocycles. The van der Waals surface area contributed by atoms with E-state index in [9.17, 15) is 18.4 Å². The summed E-state index contributed by atoms with van der Waals surface area (Å²) in [7, 11) is 0. The molecule has 0 radical (unpaired) electrons. The fraction of sp³-hybridized carbons (Fsp3) is 0.579. The fourth-order valence-corrected chi connectivity index (χ4v) is 4.10. The quantitative estimate of drug-likeness (QED) is 0.743. The number of piperidine rings is 1. The Morgan fingerprint density at radius 3 is 2.37 bits per heavy atom. The monoisotopic (exact) mass is 381 g/mol. The van der Waals surface area contributed by atoms with Gasteiger partial charge in [-0.15, -0.1) is 0 Å². The van der Waals surface area contributed by atoms with Gasteiger partial charge in [0.15, 0.2) is 0 Å². The number of benzene rings is 1. The van der Waals surface area contributed by atoms with Crippen LogP contribution < -0.4 is 10.6 Å². The van der Waals surface area contributed by atoms with Crippen LogP contribution in [0.4, 0.5) is 13.6 Å². The highest BCUT2D eigenvalue weighted by molar-refractivity contribution is 5.94. The number of hydrogen-bond donors (Lipinski definition) is 2. The van der Waals surface area contributed by atoms with Gasteiger partial charge in [0.2, 0.25) is 0 Å². The number of hydrogen-bond acceptors (Lipinski definition) is 4. The molecular weight excluding hydrogens is 356 g/mol. The minimum Gasteiger partial charge on any atom is -0.450 e. The van der Waals surface area contributed by atoms with Crippen LogP contribution in [-0.2, 0) is 4.74 Å². The van der Waals surface area contributed by atoms with Crippen LogP contribution in [0, 0.1) is 11.6 Å². The van der Waals surface area contributed by atoms with Crippen molar-refractivity contribution in [3.63, 3.8) is 0 Å². The topological polar surface area (TPSA) is 70.7 Å².